The highest BCUT2D eigenvalue weighted by molar-refractivity contribution is 6.38. The number of anilines is 1. The van der Waals surface area contributed by atoms with E-state index in [1.807, 2.05) is 13.8 Å². The summed E-state index contributed by atoms with van der Waals surface area (Å²) in [6, 6.07) is 4.54. The van der Waals surface area contributed by atoms with Crippen LogP contribution < -0.4 is 10.1 Å². The van der Waals surface area contributed by atoms with Gasteiger partial charge in [0.15, 0.2) is 11.6 Å². The van der Waals surface area contributed by atoms with Crippen molar-refractivity contribution in [2.24, 2.45) is 0 Å². The third kappa shape index (κ3) is 4.68. The Bertz CT molecular complexity index is 831. The number of carboxylic acid groups (broad SMARTS) is 1. The molecule has 1 aromatic heterocycles. The summed E-state index contributed by atoms with van der Waals surface area (Å²) in [4.78, 5) is 14.2. The van der Waals surface area contributed by atoms with E-state index in [2.05, 4.69) is 10.3 Å². The molecule has 9 heteroatoms. The minimum Gasteiger partial charge on any atom is -0.508 e. The normalized spacial score (nSPS) is 10.8. The number of phenols is 1. The van der Waals surface area contributed by atoms with Crippen molar-refractivity contribution < 1.29 is 24.1 Å². The minimum absolute atomic E-state index is 0.000722. The van der Waals surface area contributed by atoms with Crippen LogP contribution in [-0.4, -0.2) is 27.7 Å². The zero-order valence-corrected chi connectivity index (χ0v) is 15.5. The van der Waals surface area contributed by atoms with E-state index in [4.69, 9.17) is 33.0 Å². The van der Waals surface area contributed by atoms with Crippen LogP contribution in [0.1, 0.15) is 31.7 Å². The van der Waals surface area contributed by atoms with E-state index >= 15 is 0 Å². The molecule has 2 aromatic rings. The molecule has 1 heterocycles. The van der Waals surface area contributed by atoms with Gasteiger partial charge >= 0.3 is 5.97 Å². The quantitative estimate of drug-likeness (QED) is 0.562. The van der Waals surface area contributed by atoms with Crippen LogP contribution >= 0.6 is 23.2 Å². The van der Waals surface area contributed by atoms with Crippen LogP contribution in [0.3, 0.4) is 0 Å². The van der Waals surface area contributed by atoms with E-state index in [0.717, 1.165) is 0 Å². The first-order valence-corrected chi connectivity index (χ1v) is 8.47. The lowest BCUT2D eigenvalue weighted by atomic mass is 10.0. The highest BCUT2D eigenvalue weighted by Gasteiger charge is 2.20. The largest absolute Gasteiger partial charge is 0.508 e. The van der Waals surface area contributed by atoms with E-state index in [1.165, 1.54) is 12.1 Å². The minimum atomic E-state index is -1.02. The van der Waals surface area contributed by atoms with Crippen LogP contribution in [0.4, 0.5) is 10.2 Å². The molecule has 0 saturated carbocycles. The first-order valence-electron chi connectivity index (χ1n) is 7.71. The Morgan fingerprint density at radius 2 is 2.04 bits per heavy atom. The van der Waals surface area contributed by atoms with Gasteiger partial charge in [-0.3, -0.25) is 4.79 Å². The highest BCUT2D eigenvalue weighted by atomic mass is 35.5. The van der Waals surface area contributed by atoms with E-state index in [9.17, 15) is 14.3 Å². The molecule has 0 aliphatic heterocycles. The zero-order chi connectivity index (χ0) is 19.4. The fraction of sp³-hybridized carbons (Fsp3) is 0.294. The van der Waals surface area contributed by atoms with Crippen LogP contribution in [-0.2, 0) is 4.79 Å². The number of carboxylic acids is 1. The number of aliphatic carboxylic acids is 1. The van der Waals surface area contributed by atoms with Crippen molar-refractivity contribution in [3.63, 3.8) is 0 Å². The molecule has 6 nitrogen and oxygen atoms in total. The Hall–Kier alpha value is -2.25. The number of benzene rings is 1. The molecule has 0 bridgehead atoms. The molecule has 0 atom stereocenters. The number of carbonyl (C=O) groups is 1. The maximum absolute atomic E-state index is 14.0. The van der Waals surface area contributed by atoms with Gasteiger partial charge in [-0.05, 0) is 24.1 Å². The predicted octanol–water partition coefficient (Wildman–Crippen LogP) is 5.04. The van der Waals surface area contributed by atoms with Crippen molar-refractivity contribution in [1.82, 2.24) is 4.98 Å². The summed E-state index contributed by atoms with van der Waals surface area (Å²) >= 11 is 12.1. The summed E-state index contributed by atoms with van der Waals surface area (Å²) in [7, 11) is 0. The molecular weight excluding hydrogens is 386 g/mol. The second-order valence-electron chi connectivity index (χ2n) is 5.76. The molecule has 140 valence electrons. The molecule has 0 unspecified atom stereocenters. The number of halogens is 3. The summed E-state index contributed by atoms with van der Waals surface area (Å²) in [6.07, 6.45) is -0.200. The van der Waals surface area contributed by atoms with Gasteiger partial charge in [0.05, 0.1) is 6.42 Å². The van der Waals surface area contributed by atoms with Gasteiger partial charge in [0.2, 0.25) is 5.95 Å². The number of rotatable bonds is 7. The summed E-state index contributed by atoms with van der Waals surface area (Å²) in [6.45, 7) is 3.80. The number of phenolic OH excluding ortho intramolecular Hbond substituents is 1. The lowest BCUT2D eigenvalue weighted by molar-refractivity contribution is -0.136. The Morgan fingerprint density at radius 1 is 1.35 bits per heavy atom. The zero-order valence-electron chi connectivity index (χ0n) is 14.0. The van der Waals surface area contributed by atoms with E-state index < -0.39 is 16.9 Å². The summed E-state index contributed by atoms with van der Waals surface area (Å²) in [5.41, 5.74) is 0.643. The topological polar surface area (TPSA) is 91.7 Å². The Balaban J connectivity index is 2.35. The molecule has 0 aliphatic rings. The standard InChI is InChI=1S/C17H17Cl2FN2O4/c1-8(2)10-7-9(3-4-11(10)23)26-15-13(18)16(20)22-17(14(15)19)21-6-5-12(24)25/h3-4,7-8,23H,5-6H2,1-2H3,(H,21,22)(H,24,25). The Labute approximate surface area is 159 Å². The molecule has 3 N–H and O–H groups in total. The average molecular weight is 403 g/mol. The van der Waals surface area contributed by atoms with Crippen molar-refractivity contribution in [1.29, 1.82) is 0 Å². The summed E-state index contributed by atoms with van der Waals surface area (Å²) < 4.78 is 19.6. The average Bonchev–Trinajstić information content (AvgIpc) is 2.57. The number of pyridine rings is 1. The second-order valence-corrected chi connectivity index (χ2v) is 6.51. The van der Waals surface area contributed by atoms with Crippen LogP contribution in [0.5, 0.6) is 17.2 Å². The predicted molar refractivity (Wildman–Crippen MR) is 97.2 cm³/mol. The number of aromatic nitrogens is 1. The molecule has 0 saturated heterocycles. The third-order valence-electron chi connectivity index (χ3n) is 3.47. The molecule has 0 radical (unpaired) electrons. The van der Waals surface area contributed by atoms with Gasteiger partial charge in [-0.2, -0.15) is 9.37 Å². The lowest BCUT2D eigenvalue weighted by Crippen LogP contribution is -2.10. The number of nitrogens with one attached hydrogen (secondary N) is 1. The molecule has 0 spiro atoms. The highest BCUT2D eigenvalue weighted by Crippen LogP contribution is 2.42. The third-order valence-corrected chi connectivity index (χ3v) is 4.15. The van der Waals surface area contributed by atoms with Gasteiger partial charge in [-0.25, -0.2) is 0 Å². The van der Waals surface area contributed by atoms with E-state index in [0.29, 0.717) is 11.3 Å². The number of ether oxygens (including phenoxy) is 1. The first kappa shape index (κ1) is 20.1. The van der Waals surface area contributed by atoms with Gasteiger partial charge in [-0.1, -0.05) is 37.0 Å². The fourth-order valence-corrected chi connectivity index (χ4v) is 2.63. The molecule has 0 fully saturated rings. The maximum Gasteiger partial charge on any atom is 0.305 e. The van der Waals surface area contributed by atoms with Crippen molar-refractivity contribution in [3.8, 4) is 17.2 Å². The Morgan fingerprint density at radius 3 is 2.65 bits per heavy atom. The molecule has 1 aromatic carbocycles. The maximum atomic E-state index is 14.0. The van der Waals surface area contributed by atoms with Crippen molar-refractivity contribution >= 4 is 35.0 Å². The SMILES string of the molecule is CC(C)c1cc(Oc2c(Cl)c(F)nc(NCCC(=O)O)c2Cl)ccc1O. The van der Waals surface area contributed by atoms with Gasteiger partial charge in [0.1, 0.15) is 21.5 Å². The van der Waals surface area contributed by atoms with Crippen LogP contribution in [0.15, 0.2) is 18.2 Å². The van der Waals surface area contributed by atoms with Gasteiger partial charge in [-0.15, -0.1) is 0 Å². The fourth-order valence-electron chi connectivity index (χ4n) is 2.16. The van der Waals surface area contributed by atoms with Crippen molar-refractivity contribution in [3.05, 3.63) is 39.8 Å². The molecular formula is C17H17Cl2FN2O4. The molecule has 0 aliphatic carbocycles. The second kappa shape index (κ2) is 8.42. The first-order chi connectivity index (χ1) is 12.2. The van der Waals surface area contributed by atoms with E-state index in [-0.39, 0.29) is 41.2 Å². The molecule has 26 heavy (non-hydrogen) atoms. The molecule has 2 rings (SSSR count). The van der Waals surface area contributed by atoms with Gasteiger partial charge in [0.25, 0.3) is 0 Å². The Kier molecular flexibility index (Phi) is 6.50. The van der Waals surface area contributed by atoms with E-state index in [1.54, 1.807) is 6.07 Å². The monoisotopic (exact) mass is 402 g/mol. The number of hydrogen-bond acceptors (Lipinski definition) is 5. The number of hydrogen-bond donors (Lipinski definition) is 3. The van der Waals surface area contributed by atoms with Gasteiger partial charge < -0.3 is 20.3 Å². The smallest absolute Gasteiger partial charge is 0.305 e. The van der Waals surface area contributed by atoms with Crippen molar-refractivity contribution in [2.45, 2.75) is 26.2 Å². The summed E-state index contributed by atoms with van der Waals surface area (Å²) in [5, 5.41) is 20.7. The van der Waals surface area contributed by atoms with Crippen LogP contribution in [0, 0.1) is 5.95 Å². The van der Waals surface area contributed by atoms with Gasteiger partial charge in [0, 0.05) is 12.1 Å². The summed E-state index contributed by atoms with van der Waals surface area (Å²) in [5.74, 6) is -1.81. The van der Waals surface area contributed by atoms with Crippen LogP contribution in [0.25, 0.3) is 0 Å². The lowest BCUT2D eigenvalue weighted by Gasteiger charge is -2.15. The van der Waals surface area contributed by atoms with Crippen molar-refractivity contribution in [2.75, 3.05) is 11.9 Å². The molecule has 0 amide bonds. The number of nitrogens with zero attached hydrogens (tertiary/aromatic N) is 1. The van der Waals surface area contributed by atoms with Crippen LogP contribution in [0.2, 0.25) is 10.0 Å². The number of aromatic hydroxyl groups is 1.